The maximum atomic E-state index is 12.5. The number of hydrogen-bond donors (Lipinski definition) is 0. The van der Waals surface area contributed by atoms with E-state index in [0.29, 0.717) is 6.54 Å². The number of carbonyl (C=O) groups excluding carboxylic acids is 1. The van der Waals surface area contributed by atoms with Gasteiger partial charge in [0.1, 0.15) is 5.69 Å². The average Bonchev–Trinajstić information content (AvgIpc) is 3.26. The Morgan fingerprint density at radius 2 is 2.04 bits per heavy atom. The van der Waals surface area contributed by atoms with E-state index in [1.807, 2.05) is 47.2 Å². The first kappa shape index (κ1) is 13.9. The fourth-order valence-corrected chi connectivity index (χ4v) is 3.03. The summed E-state index contributed by atoms with van der Waals surface area (Å²) in [6, 6.07) is 5.70. The summed E-state index contributed by atoms with van der Waals surface area (Å²) in [5.74, 6) is 0.117. The topological polar surface area (TPSA) is 68.8 Å². The third-order valence-corrected chi connectivity index (χ3v) is 4.17. The minimum Gasteiger partial charge on any atom is -0.339 e. The van der Waals surface area contributed by atoms with Gasteiger partial charge in [0.15, 0.2) is 0 Å². The van der Waals surface area contributed by atoms with Crippen LogP contribution in [0.1, 0.15) is 28.9 Å². The molecule has 3 heterocycles. The smallest absolute Gasteiger partial charge is 0.253 e. The third-order valence-electron chi connectivity index (χ3n) is 4.17. The van der Waals surface area contributed by atoms with Crippen LogP contribution in [0.15, 0.2) is 30.6 Å². The number of aromatic nitrogens is 5. The van der Waals surface area contributed by atoms with Gasteiger partial charge in [0, 0.05) is 43.5 Å². The highest BCUT2D eigenvalue weighted by Crippen LogP contribution is 2.18. The maximum Gasteiger partial charge on any atom is 0.253 e. The van der Waals surface area contributed by atoms with Gasteiger partial charge in [0.25, 0.3) is 5.91 Å². The summed E-state index contributed by atoms with van der Waals surface area (Å²) in [5.41, 5.74) is 2.47. The Kier molecular flexibility index (Phi) is 3.33. The van der Waals surface area contributed by atoms with E-state index in [1.165, 1.54) is 0 Å². The van der Waals surface area contributed by atoms with Crippen LogP contribution in [-0.2, 0) is 13.6 Å². The van der Waals surface area contributed by atoms with Crippen molar-refractivity contribution < 1.29 is 4.79 Å². The zero-order chi connectivity index (χ0) is 15.8. The third kappa shape index (κ3) is 2.69. The fourth-order valence-electron chi connectivity index (χ4n) is 3.03. The van der Waals surface area contributed by atoms with Gasteiger partial charge in [-0.05, 0) is 31.0 Å². The average molecular weight is 310 g/mol. The normalized spacial score (nSPS) is 14.7. The van der Waals surface area contributed by atoms with E-state index >= 15 is 0 Å². The molecule has 4 rings (SSSR count). The van der Waals surface area contributed by atoms with Gasteiger partial charge in [0.05, 0.1) is 12.1 Å². The van der Waals surface area contributed by atoms with Gasteiger partial charge in [-0.15, -0.1) is 5.10 Å². The second-order valence-electron chi connectivity index (χ2n) is 5.98. The molecule has 3 aromatic rings. The van der Waals surface area contributed by atoms with Gasteiger partial charge in [-0.25, -0.2) is 0 Å². The second kappa shape index (κ2) is 5.49. The molecule has 0 unspecified atom stereocenters. The number of amides is 1. The predicted molar refractivity (Wildman–Crippen MR) is 85.0 cm³/mol. The van der Waals surface area contributed by atoms with Gasteiger partial charge >= 0.3 is 0 Å². The second-order valence-corrected chi connectivity index (χ2v) is 5.98. The van der Waals surface area contributed by atoms with Gasteiger partial charge in [0.2, 0.25) is 0 Å². The monoisotopic (exact) mass is 310 g/mol. The van der Waals surface area contributed by atoms with Gasteiger partial charge < -0.3 is 4.90 Å². The molecule has 118 valence electrons. The molecule has 23 heavy (non-hydrogen) atoms. The van der Waals surface area contributed by atoms with Crippen LogP contribution in [0.3, 0.4) is 0 Å². The van der Waals surface area contributed by atoms with Crippen LogP contribution in [0, 0.1) is 0 Å². The van der Waals surface area contributed by atoms with Crippen LogP contribution in [0.2, 0.25) is 0 Å². The summed E-state index contributed by atoms with van der Waals surface area (Å²) in [6.45, 7) is 2.30. The van der Waals surface area contributed by atoms with E-state index in [1.54, 1.807) is 4.68 Å². The van der Waals surface area contributed by atoms with Crippen molar-refractivity contribution in [2.75, 3.05) is 13.1 Å². The minimum atomic E-state index is 0.117. The Bertz CT molecular complexity index is 858. The van der Waals surface area contributed by atoms with Crippen LogP contribution >= 0.6 is 0 Å². The number of carbonyl (C=O) groups is 1. The Morgan fingerprint density at radius 3 is 2.78 bits per heavy atom. The van der Waals surface area contributed by atoms with E-state index in [0.717, 1.165) is 48.1 Å². The molecule has 1 fully saturated rings. The number of hydrogen-bond acceptors (Lipinski definition) is 4. The fraction of sp³-hybridized carbons (Fsp3) is 0.375. The highest BCUT2D eigenvalue weighted by atomic mass is 16.2. The zero-order valence-electron chi connectivity index (χ0n) is 13.0. The number of aryl methyl sites for hydroxylation is 1. The number of nitrogens with zero attached hydrogens (tertiary/aromatic N) is 6. The maximum absolute atomic E-state index is 12.5. The van der Waals surface area contributed by atoms with E-state index in [2.05, 4.69) is 15.4 Å². The van der Waals surface area contributed by atoms with Crippen molar-refractivity contribution in [1.29, 1.82) is 0 Å². The highest BCUT2D eigenvalue weighted by Gasteiger charge is 2.19. The molecule has 0 aliphatic carbocycles. The molecule has 7 nitrogen and oxygen atoms in total. The number of fused-ring (bicyclic) bond motifs is 1. The number of rotatable bonds is 3. The molecule has 2 aromatic heterocycles. The van der Waals surface area contributed by atoms with Gasteiger partial charge in [-0.3, -0.25) is 14.2 Å². The molecule has 1 saturated heterocycles. The lowest BCUT2D eigenvalue weighted by Crippen LogP contribution is -2.27. The predicted octanol–water partition coefficient (Wildman–Crippen LogP) is 1.45. The number of likely N-dealkylation sites (tertiary alicyclic amines) is 1. The van der Waals surface area contributed by atoms with Crippen molar-refractivity contribution in [2.24, 2.45) is 7.05 Å². The zero-order valence-corrected chi connectivity index (χ0v) is 13.0. The first-order valence-electron chi connectivity index (χ1n) is 7.81. The molecule has 1 aliphatic rings. The SMILES string of the molecule is Cn1cc(Cn2cc3cc(C(=O)N4CCCC4)ccc3n2)nn1. The summed E-state index contributed by atoms with van der Waals surface area (Å²) < 4.78 is 3.50. The molecule has 0 N–H and O–H groups in total. The van der Waals surface area contributed by atoms with Crippen LogP contribution in [-0.4, -0.2) is 48.7 Å². The molecule has 0 saturated carbocycles. The quantitative estimate of drug-likeness (QED) is 0.734. The van der Waals surface area contributed by atoms with Crippen molar-refractivity contribution in [3.63, 3.8) is 0 Å². The molecule has 7 heteroatoms. The lowest BCUT2D eigenvalue weighted by Gasteiger charge is -2.14. The first-order chi connectivity index (χ1) is 11.2. The Labute approximate surface area is 133 Å². The summed E-state index contributed by atoms with van der Waals surface area (Å²) in [4.78, 5) is 14.4. The highest BCUT2D eigenvalue weighted by molar-refractivity contribution is 5.98. The Hall–Kier alpha value is -2.70. The summed E-state index contributed by atoms with van der Waals surface area (Å²) >= 11 is 0. The lowest BCUT2D eigenvalue weighted by atomic mass is 10.1. The van der Waals surface area contributed by atoms with Gasteiger partial charge in [-0.2, -0.15) is 5.10 Å². The van der Waals surface area contributed by atoms with E-state index < -0.39 is 0 Å². The molecular formula is C16H18N6O. The van der Waals surface area contributed by atoms with E-state index in [9.17, 15) is 4.79 Å². The van der Waals surface area contributed by atoms with E-state index in [4.69, 9.17) is 0 Å². The molecule has 1 aliphatic heterocycles. The molecule has 1 amide bonds. The Balaban J connectivity index is 1.60. The first-order valence-corrected chi connectivity index (χ1v) is 7.81. The molecule has 0 bridgehead atoms. The van der Waals surface area contributed by atoms with Crippen molar-refractivity contribution in [1.82, 2.24) is 29.7 Å². The number of benzene rings is 1. The Morgan fingerprint density at radius 1 is 1.22 bits per heavy atom. The van der Waals surface area contributed by atoms with Crippen LogP contribution in [0.5, 0.6) is 0 Å². The molecule has 1 aromatic carbocycles. The molecular weight excluding hydrogens is 292 g/mol. The summed E-state index contributed by atoms with van der Waals surface area (Å²) in [7, 11) is 1.84. The lowest BCUT2D eigenvalue weighted by molar-refractivity contribution is 0.0793. The summed E-state index contributed by atoms with van der Waals surface area (Å²) in [6.07, 6.45) is 6.02. The van der Waals surface area contributed by atoms with E-state index in [-0.39, 0.29) is 5.91 Å². The van der Waals surface area contributed by atoms with Crippen molar-refractivity contribution in [2.45, 2.75) is 19.4 Å². The molecule has 0 spiro atoms. The van der Waals surface area contributed by atoms with Crippen LogP contribution < -0.4 is 0 Å². The standard InChI is InChI=1S/C16H18N6O/c1-20-10-14(17-19-20)11-22-9-13-8-12(4-5-15(13)18-22)16(23)21-6-2-3-7-21/h4-5,8-10H,2-3,6-7,11H2,1H3. The van der Waals surface area contributed by atoms with Crippen molar-refractivity contribution >= 4 is 16.8 Å². The van der Waals surface area contributed by atoms with Crippen LogP contribution in [0.4, 0.5) is 0 Å². The largest absolute Gasteiger partial charge is 0.339 e. The van der Waals surface area contributed by atoms with Crippen molar-refractivity contribution in [3.8, 4) is 0 Å². The van der Waals surface area contributed by atoms with Crippen LogP contribution in [0.25, 0.3) is 10.9 Å². The van der Waals surface area contributed by atoms with Crippen molar-refractivity contribution in [3.05, 3.63) is 41.9 Å². The molecule has 0 atom stereocenters. The molecule has 0 radical (unpaired) electrons. The van der Waals surface area contributed by atoms with Gasteiger partial charge in [-0.1, -0.05) is 5.21 Å². The minimum absolute atomic E-state index is 0.117. The summed E-state index contributed by atoms with van der Waals surface area (Å²) in [5, 5.41) is 13.5.